The lowest BCUT2D eigenvalue weighted by atomic mass is 9.88. The Morgan fingerprint density at radius 3 is 2.91 bits per heavy atom. The molecule has 1 aliphatic rings. The number of aromatic nitrogens is 2. The molecule has 2 heterocycles. The SMILES string of the molecule is Cn1ccnc1C(=O)C[C@H](c1cccc(Br)c1)[C@H]1C=CC(=O)O1. The van der Waals surface area contributed by atoms with E-state index < -0.39 is 6.10 Å². The Labute approximate surface area is 142 Å². The van der Waals surface area contributed by atoms with Crippen LogP contribution >= 0.6 is 15.9 Å². The van der Waals surface area contributed by atoms with Crippen molar-refractivity contribution in [2.75, 3.05) is 0 Å². The molecule has 3 rings (SSSR count). The van der Waals surface area contributed by atoms with E-state index in [0.29, 0.717) is 5.82 Å². The van der Waals surface area contributed by atoms with Gasteiger partial charge < -0.3 is 9.30 Å². The highest BCUT2D eigenvalue weighted by Gasteiger charge is 2.31. The predicted molar refractivity (Wildman–Crippen MR) is 88.1 cm³/mol. The van der Waals surface area contributed by atoms with E-state index in [4.69, 9.17) is 4.74 Å². The Bertz CT molecular complexity index is 782. The van der Waals surface area contributed by atoms with Gasteiger partial charge in [-0.25, -0.2) is 9.78 Å². The van der Waals surface area contributed by atoms with Crippen molar-refractivity contribution >= 4 is 27.7 Å². The normalized spacial score (nSPS) is 18.0. The summed E-state index contributed by atoms with van der Waals surface area (Å²) >= 11 is 3.44. The van der Waals surface area contributed by atoms with Gasteiger partial charge in [0.25, 0.3) is 0 Å². The van der Waals surface area contributed by atoms with Gasteiger partial charge in [-0.1, -0.05) is 28.1 Å². The van der Waals surface area contributed by atoms with Gasteiger partial charge in [-0.2, -0.15) is 0 Å². The quantitative estimate of drug-likeness (QED) is 0.596. The molecule has 0 radical (unpaired) electrons. The molecule has 0 saturated carbocycles. The predicted octanol–water partition coefficient (Wildman–Crippen LogP) is 3.02. The molecular weight excluding hydrogens is 360 g/mol. The fourth-order valence-electron chi connectivity index (χ4n) is 2.69. The first-order chi connectivity index (χ1) is 11.0. The van der Waals surface area contributed by atoms with Crippen LogP contribution in [0.2, 0.25) is 0 Å². The number of aryl methyl sites for hydroxylation is 1. The zero-order valence-corrected chi connectivity index (χ0v) is 14.1. The first-order valence-corrected chi connectivity index (χ1v) is 7.98. The number of benzene rings is 1. The number of imidazole rings is 1. The van der Waals surface area contributed by atoms with Gasteiger partial charge in [0, 0.05) is 42.3 Å². The molecule has 0 unspecified atom stereocenters. The van der Waals surface area contributed by atoms with E-state index in [0.717, 1.165) is 10.0 Å². The summed E-state index contributed by atoms with van der Waals surface area (Å²) in [7, 11) is 1.78. The van der Waals surface area contributed by atoms with Crippen LogP contribution in [0, 0.1) is 0 Å². The zero-order chi connectivity index (χ0) is 16.4. The van der Waals surface area contributed by atoms with Crippen molar-refractivity contribution in [1.82, 2.24) is 9.55 Å². The molecule has 0 fully saturated rings. The Morgan fingerprint density at radius 1 is 1.48 bits per heavy atom. The highest BCUT2D eigenvalue weighted by molar-refractivity contribution is 9.10. The van der Waals surface area contributed by atoms with E-state index in [-0.39, 0.29) is 24.1 Å². The van der Waals surface area contributed by atoms with Crippen LogP contribution in [0.5, 0.6) is 0 Å². The fraction of sp³-hybridized carbons (Fsp3) is 0.235. The Hall–Kier alpha value is -2.21. The average molecular weight is 375 g/mol. The van der Waals surface area contributed by atoms with Crippen molar-refractivity contribution in [3.63, 3.8) is 0 Å². The third-order valence-corrected chi connectivity index (χ3v) is 4.32. The van der Waals surface area contributed by atoms with E-state index in [9.17, 15) is 9.59 Å². The molecule has 6 heteroatoms. The van der Waals surface area contributed by atoms with Crippen LogP contribution in [-0.4, -0.2) is 27.4 Å². The monoisotopic (exact) mass is 374 g/mol. The van der Waals surface area contributed by atoms with Crippen LogP contribution in [0.15, 0.2) is 53.3 Å². The van der Waals surface area contributed by atoms with Crippen molar-refractivity contribution in [2.45, 2.75) is 18.4 Å². The molecule has 118 valence electrons. The van der Waals surface area contributed by atoms with Crippen LogP contribution in [-0.2, 0) is 16.6 Å². The number of ether oxygens (including phenoxy) is 1. The largest absolute Gasteiger partial charge is 0.454 e. The van der Waals surface area contributed by atoms with Crippen LogP contribution in [0.4, 0.5) is 0 Å². The van der Waals surface area contributed by atoms with E-state index in [2.05, 4.69) is 20.9 Å². The number of halogens is 1. The lowest BCUT2D eigenvalue weighted by Crippen LogP contribution is -2.23. The summed E-state index contributed by atoms with van der Waals surface area (Å²) in [4.78, 5) is 28.1. The minimum absolute atomic E-state index is 0.0844. The number of Topliss-reactive ketones (excluding diaryl/α,β-unsaturated/α-hetero) is 1. The third kappa shape index (κ3) is 3.42. The second-order valence-corrected chi connectivity index (χ2v) is 6.33. The van der Waals surface area contributed by atoms with Crippen molar-refractivity contribution in [3.8, 4) is 0 Å². The van der Waals surface area contributed by atoms with E-state index in [1.165, 1.54) is 6.08 Å². The first-order valence-electron chi connectivity index (χ1n) is 7.19. The number of esters is 1. The molecule has 0 bridgehead atoms. The Balaban J connectivity index is 1.89. The highest BCUT2D eigenvalue weighted by Crippen LogP contribution is 2.31. The smallest absolute Gasteiger partial charge is 0.331 e. The molecule has 1 aliphatic heterocycles. The molecule has 1 aromatic heterocycles. The van der Waals surface area contributed by atoms with Crippen LogP contribution in [0.25, 0.3) is 0 Å². The number of nitrogens with zero attached hydrogens (tertiary/aromatic N) is 2. The molecule has 0 N–H and O–H groups in total. The highest BCUT2D eigenvalue weighted by atomic mass is 79.9. The molecule has 0 spiro atoms. The lowest BCUT2D eigenvalue weighted by molar-refractivity contribution is -0.139. The van der Waals surface area contributed by atoms with Gasteiger partial charge in [-0.3, -0.25) is 4.79 Å². The van der Waals surface area contributed by atoms with Crippen molar-refractivity contribution in [1.29, 1.82) is 0 Å². The number of hydrogen-bond acceptors (Lipinski definition) is 4. The summed E-state index contributed by atoms with van der Waals surface area (Å²) in [5.74, 6) is -0.309. The summed E-state index contributed by atoms with van der Waals surface area (Å²) in [6.45, 7) is 0. The minimum Gasteiger partial charge on any atom is -0.454 e. The molecule has 5 nitrogen and oxygen atoms in total. The maximum absolute atomic E-state index is 12.6. The second-order valence-electron chi connectivity index (χ2n) is 5.41. The van der Waals surface area contributed by atoms with Crippen molar-refractivity contribution in [3.05, 3.63) is 64.7 Å². The molecule has 0 aliphatic carbocycles. The van der Waals surface area contributed by atoms with Crippen molar-refractivity contribution < 1.29 is 14.3 Å². The average Bonchev–Trinajstić information content (AvgIpc) is 3.13. The van der Waals surface area contributed by atoms with E-state index in [1.807, 2.05) is 24.3 Å². The second kappa shape index (κ2) is 6.50. The van der Waals surface area contributed by atoms with Crippen molar-refractivity contribution in [2.24, 2.45) is 7.05 Å². The van der Waals surface area contributed by atoms with E-state index in [1.54, 1.807) is 30.1 Å². The first kappa shape index (κ1) is 15.7. The van der Waals surface area contributed by atoms with E-state index >= 15 is 0 Å². The van der Waals surface area contributed by atoms with Gasteiger partial charge in [-0.15, -0.1) is 0 Å². The molecule has 0 amide bonds. The standard InChI is InChI=1S/C17H15BrN2O3/c1-20-8-7-19-17(20)14(21)10-13(15-5-6-16(22)23-15)11-3-2-4-12(18)9-11/h2-9,13,15H,10H2,1H3/t13-,15-/m1/s1. The molecular formula is C17H15BrN2O3. The Morgan fingerprint density at radius 2 is 2.30 bits per heavy atom. The van der Waals surface area contributed by atoms with Crippen LogP contribution in [0.1, 0.15) is 28.5 Å². The maximum atomic E-state index is 12.6. The third-order valence-electron chi connectivity index (χ3n) is 3.82. The molecule has 2 atom stereocenters. The maximum Gasteiger partial charge on any atom is 0.331 e. The van der Waals surface area contributed by atoms with Gasteiger partial charge in [0.15, 0.2) is 11.6 Å². The number of hydrogen-bond donors (Lipinski definition) is 0. The lowest BCUT2D eigenvalue weighted by Gasteiger charge is -2.22. The number of cyclic esters (lactones) is 1. The molecule has 2 aromatic rings. The molecule has 23 heavy (non-hydrogen) atoms. The Kier molecular flexibility index (Phi) is 4.43. The fourth-order valence-corrected chi connectivity index (χ4v) is 3.11. The summed E-state index contributed by atoms with van der Waals surface area (Å²) in [5.41, 5.74) is 0.936. The van der Waals surface area contributed by atoms with Gasteiger partial charge in [0.1, 0.15) is 6.10 Å². The number of carbonyl (C=O) groups is 2. The van der Waals surface area contributed by atoms with Crippen LogP contribution < -0.4 is 0 Å². The van der Waals surface area contributed by atoms with Gasteiger partial charge in [0.05, 0.1) is 0 Å². The summed E-state index contributed by atoms with van der Waals surface area (Å²) < 4.78 is 7.93. The number of ketones is 1. The van der Waals surface area contributed by atoms with Gasteiger partial charge in [0.2, 0.25) is 0 Å². The number of carbonyl (C=O) groups excluding carboxylic acids is 2. The van der Waals surface area contributed by atoms with Gasteiger partial charge >= 0.3 is 5.97 Å². The molecule has 0 saturated heterocycles. The summed E-state index contributed by atoms with van der Waals surface area (Å²) in [6, 6.07) is 7.69. The number of rotatable bonds is 5. The summed E-state index contributed by atoms with van der Waals surface area (Å²) in [5, 5.41) is 0. The zero-order valence-electron chi connectivity index (χ0n) is 12.5. The molecule has 1 aromatic carbocycles. The summed E-state index contributed by atoms with van der Waals surface area (Å²) in [6.07, 6.45) is 6.21. The van der Waals surface area contributed by atoms with Crippen LogP contribution in [0.3, 0.4) is 0 Å². The van der Waals surface area contributed by atoms with Gasteiger partial charge in [-0.05, 0) is 23.8 Å². The minimum atomic E-state index is -0.444. The topological polar surface area (TPSA) is 61.2 Å².